The number of para-hydroxylation sites is 1. The van der Waals surface area contributed by atoms with Gasteiger partial charge < -0.3 is 10.2 Å². The molecule has 0 atom stereocenters. The number of piperidine rings is 1. The minimum Gasteiger partial charge on any atom is -0.325 e. The molecule has 0 unspecified atom stereocenters. The third-order valence-corrected chi connectivity index (χ3v) is 4.84. The molecule has 0 saturated carbocycles. The number of carbonyl (C=O) groups is 1. The summed E-state index contributed by atoms with van der Waals surface area (Å²) in [6.07, 6.45) is 6.66. The zero-order chi connectivity index (χ0) is 16.8. The van der Waals surface area contributed by atoms with E-state index in [1.54, 1.807) is 6.07 Å². The highest BCUT2D eigenvalue weighted by atomic mass is 35.5. The van der Waals surface area contributed by atoms with Gasteiger partial charge in [0.05, 0.1) is 10.7 Å². The number of aromatic nitrogens is 2. The molecule has 2 aromatic rings. The van der Waals surface area contributed by atoms with Crippen LogP contribution >= 0.6 is 11.6 Å². The maximum atomic E-state index is 12.1. The van der Waals surface area contributed by atoms with E-state index < -0.39 is 0 Å². The second-order valence-corrected chi connectivity index (χ2v) is 6.70. The van der Waals surface area contributed by atoms with Crippen molar-refractivity contribution < 1.29 is 4.79 Å². The monoisotopic (exact) mass is 346 g/mol. The van der Waals surface area contributed by atoms with Gasteiger partial charge in [-0.2, -0.15) is 5.10 Å². The maximum absolute atomic E-state index is 12.1. The van der Waals surface area contributed by atoms with Gasteiger partial charge in [-0.3, -0.25) is 9.48 Å². The lowest BCUT2D eigenvalue weighted by Crippen LogP contribution is -2.36. The largest absolute Gasteiger partial charge is 0.325 e. The van der Waals surface area contributed by atoms with Gasteiger partial charge in [0.1, 0.15) is 0 Å². The van der Waals surface area contributed by atoms with Crippen molar-refractivity contribution in [2.24, 2.45) is 5.92 Å². The van der Waals surface area contributed by atoms with Crippen molar-refractivity contribution in [2.45, 2.75) is 25.8 Å². The third-order valence-electron chi connectivity index (χ3n) is 4.51. The van der Waals surface area contributed by atoms with E-state index in [4.69, 9.17) is 11.6 Å². The first-order valence-corrected chi connectivity index (χ1v) is 8.82. The second kappa shape index (κ2) is 8.31. The van der Waals surface area contributed by atoms with Crippen molar-refractivity contribution in [1.82, 2.24) is 14.7 Å². The summed E-state index contributed by atoms with van der Waals surface area (Å²) in [6, 6.07) is 9.28. The zero-order valence-corrected chi connectivity index (χ0v) is 14.5. The summed E-state index contributed by atoms with van der Waals surface area (Å²) in [5, 5.41) is 7.73. The quantitative estimate of drug-likeness (QED) is 0.873. The van der Waals surface area contributed by atoms with Crippen LogP contribution in [0, 0.1) is 5.92 Å². The predicted molar refractivity (Wildman–Crippen MR) is 96.1 cm³/mol. The van der Waals surface area contributed by atoms with Crippen molar-refractivity contribution in [3.05, 3.63) is 47.7 Å². The van der Waals surface area contributed by atoms with Gasteiger partial charge in [0, 0.05) is 31.9 Å². The van der Waals surface area contributed by atoms with Crippen LogP contribution in [0.2, 0.25) is 5.02 Å². The molecule has 24 heavy (non-hydrogen) atoms. The zero-order valence-electron chi connectivity index (χ0n) is 13.7. The standard InChI is InChI=1S/C18H23ClN4O/c19-16-4-1-2-5-17(16)21-18(24)8-13-22-11-6-15(7-12-22)14-23-10-3-9-20-23/h1-5,9-10,15H,6-8,11-14H2,(H,21,24). The molecule has 3 rings (SSSR count). The number of nitrogens with one attached hydrogen (secondary N) is 1. The van der Waals surface area contributed by atoms with Gasteiger partial charge in [0.25, 0.3) is 0 Å². The van der Waals surface area contributed by atoms with E-state index in [9.17, 15) is 4.79 Å². The van der Waals surface area contributed by atoms with Gasteiger partial charge in [0.2, 0.25) is 5.91 Å². The smallest absolute Gasteiger partial charge is 0.225 e. The minimum atomic E-state index is 0.0155. The summed E-state index contributed by atoms with van der Waals surface area (Å²) in [7, 11) is 0. The van der Waals surface area contributed by atoms with Gasteiger partial charge in [-0.15, -0.1) is 0 Å². The topological polar surface area (TPSA) is 50.2 Å². The number of amides is 1. The van der Waals surface area contributed by atoms with Crippen molar-refractivity contribution >= 4 is 23.2 Å². The van der Waals surface area contributed by atoms with Crippen LogP contribution in [-0.2, 0) is 11.3 Å². The van der Waals surface area contributed by atoms with Gasteiger partial charge in [-0.05, 0) is 50.0 Å². The molecule has 1 aromatic heterocycles. The average Bonchev–Trinajstić information content (AvgIpc) is 3.09. The van der Waals surface area contributed by atoms with Crippen LogP contribution in [0.25, 0.3) is 0 Å². The van der Waals surface area contributed by atoms with Crippen molar-refractivity contribution in [3.63, 3.8) is 0 Å². The molecular weight excluding hydrogens is 324 g/mol. The first-order valence-electron chi connectivity index (χ1n) is 8.45. The van der Waals surface area contributed by atoms with E-state index in [2.05, 4.69) is 15.3 Å². The highest BCUT2D eigenvalue weighted by Gasteiger charge is 2.20. The molecule has 0 radical (unpaired) electrons. The fraction of sp³-hybridized carbons (Fsp3) is 0.444. The molecule has 1 aromatic carbocycles. The Balaban J connectivity index is 1.37. The summed E-state index contributed by atoms with van der Waals surface area (Å²) in [6.45, 7) is 3.88. The molecule has 1 saturated heterocycles. The molecule has 1 amide bonds. The number of likely N-dealkylation sites (tertiary alicyclic amines) is 1. The van der Waals surface area contributed by atoms with E-state index in [-0.39, 0.29) is 5.91 Å². The second-order valence-electron chi connectivity index (χ2n) is 6.29. The van der Waals surface area contributed by atoms with Gasteiger partial charge >= 0.3 is 0 Å². The molecule has 6 heteroatoms. The Morgan fingerprint density at radius 1 is 1.25 bits per heavy atom. The molecule has 0 spiro atoms. The van der Waals surface area contributed by atoms with Crippen LogP contribution in [0.15, 0.2) is 42.7 Å². The normalized spacial score (nSPS) is 16.2. The number of hydrogen-bond donors (Lipinski definition) is 1. The highest BCUT2D eigenvalue weighted by Crippen LogP contribution is 2.21. The molecular formula is C18H23ClN4O. The lowest BCUT2D eigenvalue weighted by atomic mass is 9.97. The number of nitrogens with zero attached hydrogens (tertiary/aromatic N) is 3. The molecule has 1 aliphatic rings. The Hall–Kier alpha value is -1.85. The van der Waals surface area contributed by atoms with E-state index in [0.717, 1.165) is 39.0 Å². The Morgan fingerprint density at radius 2 is 2.04 bits per heavy atom. The number of hydrogen-bond acceptors (Lipinski definition) is 3. The highest BCUT2D eigenvalue weighted by molar-refractivity contribution is 6.33. The van der Waals surface area contributed by atoms with Crippen LogP contribution in [0.1, 0.15) is 19.3 Å². The summed E-state index contributed by atoms with van der Waals surface area (Å²) in [4.78, 5) is 14.4. The molecule has 0 bridgehead atoms. The molecule has 0 aliphatic carbocycles. The van der Waals surface area contributed by atoms with Crippen LogP contribution in [0.4, 0.5) is 5.69 Å². The number of anilines is 1. The van der Waals surface area contributed by atoms with E-state index in [1.807, 2.05) is 41.3 Å². The molecule has 128 valence electrons. The molecule has 2 heterocycles. The summed E-state index contributed by atoms with van der Waals surface area (Å²) >= 11 is 6.06. The number of carbonyl (C=O) groups excluding carboxylic acids is 1. The first kappa shape index (κ1) is 17.0. The van der Waals surface area contributed by atoms with Crippen LogP contribution in [0.5, 0.6) is 0 Å². The maximum Gasteiger partial charge on any atom is 0.225 e. The van der Waals surface area contributed by atoms with Crippen LogP contribution in [-0.4, -0.2) is 40.2 Å². The molecule has 5 nitrogen and oxygen atoms in total. The summed E-state index contributed by atoms with van der Waals surface area (Å²) in [5.41, 5.74) is 0.682. The molecule has 1 aliphatic heterocycles. The summed E-state index contributed by atoms with van der Waals surface area (Å²) < 4.78 is 2.01. The Kier molecular flexibility index (Phi) is 5.88. The number of halogens is 1. The first-order chi connectivity index (χ1) is 11.7. The van der Waals surface area contributed by atoms with Crippen molar-refractivity contribution in [1.29, 1.82) is 0 Å². The fourth-order valence-electron chi connectivity index (χ4n) is 3.10. The third kappa shape index (κ3) is 4.82. The summed E-state index contributed by atoms with van der Waals surface area (Å²) in [5.74, 6) is 0.694. The minimum absolute atomic E-state index is 0.0155. The van der Waals surface area contributed by atoms with Gasteiger partial charge in [0.15, 0.2) is 0 Å². The lowest BCUT2D eigenvalue weighted by molar-refractivity contribution is -0.116. The van der Waals surface area contributed by atoms with Crippen LogP contribution < -0.4 is 5.32 Å². The Labute approximate surface area is 147 Å². The van der Waals surface area contributed by atoms with E-state index in [0.29, 0.717) is 23.0 Å². The SMILES string of the molecule is O=C(CCN1CCC(Cn2cccn2)CC1)Nc1ccccc1Cl. The Bertz CT molecular complexity index is 651. The average molecular weight is 347 g/mol. The van der Waals surface area contributed by atoms with E-state index in [1.165, 1.54) is 0 Å². The van der Waals surface area contributed by atoms with Gasteiger partial charge in [-0.1, -0.05) is 23.7 Å². The fourth-order valence-corrected chi connectivity index (χ4v) is 3.28. The number of rotatable bonds is 6. The van der Waals surface area contributed by atoms with Crippen molar-refractivity contribution in [3.8, 4) is 0 Å². The van der Waals surface area contributed by atoms with Crippen LogP contribution in [0.3, 0.4) is 0 Å². The molecule has 1 fully saturated rings. The molecule has 1 N–H and O–H groups in total. The van der Waals surface area contributed by atoms with Gasteiger partial charge in [-0.25, -0.2) is 0 Å². The number of benzene rings is 1. The van der Waals surface area contributed by atoms with E-state index >= 15 is 0 Å². The predicted octanol–water partition coefficient (Wildman–Crippen LogP) is 3.28. The lowest BCUT2D eigenvalue weighted by Gasteiger charge is -2.31. The Morgan fingerprint density at radius 3 is 2.75 bits per heavy atom. The van der Waals surface area contributed by atoms with Crippen molar-refractivity contribution in [2.75, 3.05) is 25.0 Å².